The molecule has 0 bridgehead atoms. The number of phenols is 1. The lowest BCUT2D eigenvalue weighted by Crippen LogP contribution is -2.02. The number of rotatable bonds is 2. The summed E-state index contributed by atoms with van der Waals surface area (Å²) in [5.41, 5.74) is 1.23. The van der Waals surface area contributed by atoms with Gasteiger partial charge in [-0.3, -0.25) is 4.79 Å². The number of aryl methyl sites for hydroxylation is 1. The van der Waals surface area contributed by atoms with E-state index in [1.54, 1.807) is 31.2 Å². The number of Topliss-reactive ketones (excluding diaryl/α,β-unsaturated/α-hetero) is 1. The average molecular weight is 350 g/mol. The molecule has 0 radical (unpaired) electrons. The Kier molecular flexibility index (Phi) is 3.54. The van der Waals surface area contributed by atoms with Gasteiger partial charge >= 0.3 is 5.63 Å². The van der Waals surface area contributed by atoms with Crippen molar-refractivity contribution in [1.82, 2.24) is 0 Å². The van der Waals surface area contributed by atoms with Crippen LogP contribution in [0.3, 0.4) is 0 Å². The number of ketones is 1. The van der Waals surface area contributed by atoms with Gasteiger partial charge in [-0.2, -0.15) is 0 Å². The molecule has 26 heavy (non-hydrogen) atoms. The largest absolute Gasteiger partial charge is 0.504 e. The number of benzene rings is 2. The molecule has 2 heterocycles. The molecule has 6 nitrogen and oxygen atoms in total. The van der Waals surface area contributed by atoms with E-state index in [1.807, 2.05) is 0 Å². The predicted molar refractivity (Wildman–Crippen MR) is 94.8 cm³/mol. The lowest BCUT2D eigenvalue weighted by Gasteiger charge is -2.04. The van der Waals surface area contributed by atoms with Gasteiger partial charge in [0, 0.05) is 11.5 Å². The van der Waals surface area contributed by atoms with Crippen LogP contribution in [0.25, 0.3) is 17.0 Å². The van der Waals surface area contributed by atoms with E-state index >= 15 is 0 Å². The van der Waals surface area contributed by atoms with E-state index in [4.69, 9.17) is 13.9 Å². The number of allylic oxidation sites excluding steroid dienone is 1. The van der Waals surface area contributed by atoms with E-state index in [1.165, 1.54) is 25.3 Å². The Balaban J connectivity index is 1.83. The molecular formula is C20H14O6. The molecule has 130 valence electrons. The fraction of sp³-hybridized carbons (Fsp3) is 0.100. The minimum Gasteiger partial charge on any atom is -0.504 e. The quantitative estimate of drug-likeness (QED) is 0.563. The number of methoxy groups -OCH3 is 1. The predicted octanol–water partition coefficient (Wildman–Crippen LogP) is 3.43. The van der Waals surface area contributed by atoms with Crippen LogP contribution in [-0.2, 0) is 0 Å². The van der Waals surface area contributed by atoms with Crippen molar-refractivity contribution in [2.45, 2.75) is 6.92 Å². The molecule has 0 aliphatic carbocycles. The van der Waals surface area contributed by atoms with Crippen molar-refractivity contribution in [2.75, 3.05) is 7.11 Å². The fourth-order valence-corrected chi connectivity index (χ4v) is 3.00. The van der Waals surface area contributed by atoms with Gasteiger partial charge in [-0.05, 0) is 48.4 Å². The monoisotopic (exact) mass is 350 g/mol. The van der Waals surface area contributed by atoms with E-state index in [2.05, 4.69) is 0 Å². The van der Waals surface area contributed by atoms with Crippen LogP contribution in [0.15, 0.2) is 51.4 Å². The van der Waals surface area contributed by atoms with Gasteiger partial charge in [0.15, 0.2) is 22.8 Å². The molecule has 1 aliphatic heterocycles. The number of fused-ring (bicyclic) bond motifs is 3. The van der Waals surface area contributed by atoms with E-state index in [9.17, 15) is 14.7 Å². The summed E-state index contributed by atoms with van der Waals surface area (Å²) in [5, 5.41) is 10.6. The van der Waals surface area contributed by atoms with Crippen LogP contribution in [0, 0.1) is 6.92 Å². The Morgan fingerprint density at radius 3 is 2.65 bits per heavy atom. The minimum atomic E-state index is -0.520. The van der Waals surface area contributed by atoms with Crippen LogP contribution in [0.5, 0.6) is 17.2 Å². The number of aromatic hydroxyl groups is 1. The number of hydrogen-bond donors (Lipinski definition) is 1. The third kappa shape index (κ3) is 2.43. The molecule has 0 fully saturated rings. The van der Waals surface area contributed by atoms with Crippen molar-refractivity contribution in [1.29, 1.82) is 0 Å². The maximum absolute atomic E-state index is 12.8. The maximum Gasteiger partial charge on any atom is 0.336 e. The topological polar surface area (TPSA) is 86.0 Å². The molecule has 1 aromatic heterocycles. The van der Waals surface area contributed by atoms with Gasteiger partial charge in [0.25, 0.3) is 0 Å². The Morgan fingerprint density at radius 1 is 1.12 bits per heavy atom. The lowest BCUT2D eigenvalue weighted by molar-refractivity contribution is 0.101. The molecule has 0 atom stereocenters. The van der Waals surface area contributed by atoms with Crippen molar-refractivity contribution in [3.63, 3.8) is 0 Å². The summed E-state index contributed by atoms with van der Waals surface area (Å²) in [7, 11) is 1.45. The van der Waals surface area contributed by atoms with Gasteiger partial charge in [0.05, 0.1) is 7.11 Å². The molecular weight excluding hydrogens is 336 g/mol. The summed E-state index contributed by atoms with van der Waals surface area (Å²) in [6.07, 6.45) is 1.52. The van der Waals surface area contributed by atoms with Crippen molar-refractivity contribution < 1.29 is 23.8 Å². The second kappa shape index (κ2) is 5.77. The Bertz CT molecular complexity index is 1150. The van der Waals surface area contributed by atoms with Gasteiger partial charge in [0.2, 0.25) is 5.78 Å². The van der Waals surface area contributed by atoms with E-state index < -0.39 is 5.63 Å². The third-order valence-corrected chi connectivity index (χ3v) is 4.25. The maximum atomic E-state index is 12.8. The first-order valence-corrected chi connectivity index (χ1v) is 7.86. The smallest absolute Gasteiger partial charge is 0.336 e. The summed E-state index contributed by atoms with van der Waals surface area (Å²) < 4.78 is 15.9. The molecule has 4 rings (SSSR count). The zero-order valence-electron chi connectivity index (χ0n) is 14.0. The standard InChI is InChI=1S/C20H14O6/c1-10-7-17(22)26-20-12(10)4-6-15-18(20)19(23)16(25-15)9-11-3-5-14(24-2)13(21)8-11/h3-9,21H,1-2H3/b16-9-. The first-order chi connectivity index (χ1) is 12.5. The summed E-state index contributed by atoms with van der Waals surface area (Å²) in [6, 6.07) is 9.55. The highest BCUT2D eigenvalue weighted by Crippen LogP contribution is 2.38. The summed E-state index contributed by atoms with van der Waals surface area (Å²) in [6.45, 7) is 1.78. The van der Waals surface area contributed by atoms with Crippen LogP contribution < -0.4 is 15.1 Å². The second-order valence-electron chi connectivity index (χ2n) is 5.93. The molecule has 1 aliphatic rings. The number of carbonyl (C=O) groups excluding carboxylic acids is 1. The molecule has 6 heteroatoms. The molecule has 0 amide bonds. The highest BCUT2D eigenvalue weighted by atomic mass is 16.5. The number of phenolic OH excluding ortho intramolecular Hbond substituents is 1. The van der Waals surface area contributed by atoms with Crippen LogP contribution in [0.4, 0.5) is 0 Å². The van der Waals surface area contributed by atoms with Crippen LogP contribution in [-0.4, -0.2) is 18.0 Å². The number of hydrogen-bond acceptors (Lipinski definition) is 6. The number of ether oxygens (including phenoxy) is 2. The zero-order chi connectivity index (χ0) is 18.4. The second-order valence-corrected chi connectivity index (χ2v) is 5.93. The number of carbonyl (C=O) groups is 1. The van der Waals surface area contributed by atoms with Gasteiger partial charge in [-0.15, -0.1) is 0 Å². The van der Waals surface area contributed by atoms with Crippen molar-refractivity contribution in [3.05, 3.63) is 69.3 Å². The van der Waals surface area contributed by atoms with Gasteiger partial charge in [-0.25, -0.2) is 4.79 Å². The summed E-state index contributed by atoms with van der Waals surface area (Å²) in [4.78, 5) is 24.5. The molecule has 0 spiro atoms. The minimum absolute atomic E-state index is 0.0446. The van der Waals surface area contributed by atoms with Gasteiger partial charge in [0.1, 0.15) is 11.3 Å². The van der Waals surface area contributed by atoms with Crippen LogP contribution in [0.2, 0.25) is 0 Å². The van der Waals surface area contributed by atoms with Gasteiger partial charge in [-0.1, -0.05) is 6.07 Å². The highest BCUT2D eigenvalue weighted by Gasteiger charge is 2.31. The van der Waals surface area contributed by atoms with E-state index in [-0.39, 0.29) is 28.4 Å². The summed E-state index contributed by atoms with van der Waals surface area (Å²) >= 11 is 0. The lowest BCUT2D eigenvalue weighted by atomic mass is 10.0. The molecule has 3 aromatic rings. The molecule has 0 saturated heterocycles. The molecule has 1 N–H and O–H groups in total. The fourth-order valence-electron chi connectivity index (χ4n) is 3.00. The Hall–Kier alpha value is -3.54. The SMILES string of the molecule is COc1ccc(/C=C2\Oc3ccc4c(C)cc(=O)oc4c3C2=O)cc1O. The first kappa shape index (κ1) is 16.0. The first-order valence-electron chi connectivity index (χ1n) is 7.86. The molecule has 2 aromatic carbocycles. The highest BCUT2D eigenvalue weighted by molar-refractivity contribution is 6.20. The van der Waals surface area contributed by atoms with E-state index in [0.717, 1.165) is 5.56 Å². The third-order valence-electron chi connectivity index (χ3n) is 4.25. The van der Waals surface area contributed by atoms with Crippen LogP contribution >= 0.6 is 0 Å². The van der Waals surface area contributed by atoms with Crippen LogP contribution in [0.1, 0.15) is 21.5 Å². The molecule has 0 unspecified atom stereocenters. The van der Waals surface area contributed by atoms with Gasteiger partial charge < -0.3 is 19.0 Å². The van der Waals surface area contributed by atoms with Crippen molar-refractivity contribution in [3.8, 4) is 17.2 Å². The van der Waals surface area contributed by atoms with Crippen molar-refractivity contribution >= 4 is 22.8 Å². The average Bonchev–Trinajstić information content (AvgIpc) is 2.91. The summed E-state index contributed by atoms with van der Waals surface area (Å²) in [5.74, 6) is 0.324. The Labute approximate surface area is 147 Å². The normalized spacial score (nSPS) is 14.5. The Morgan fingerprint density at radius 2 is 1.92 bits per heavy atom. The zero-order valence-corrected chi connectivity index (χ0v) is 14.0. The van der Waals surface area contributed by atoms with Crippen molar-refractivity contribution in [2.24, 2.45) is 0 Å². The van der Waals surface area contributed by atoms with E-state index in [0.29, 0.717) is 22.4 Å². The molecule has 0 saturated carbocycles.